The summed E-state index contributed by atoms with van der Waals surface area (Å²) >= 11 is 6.19. The minimum atomic E-state index is -0.00241. The van der Waals surface area contributed by atoms with Gasteiger partial charge >= 0.3 is 0 Å². The van der Waals surface area contributed by atoms with Crippen LogP contribution in [0, 0.1) is 6.92 Å². The summed E-state index contributed by atoms with van der Waals surface area (Å²) in [6.45, 7) is 3.71. The van der Waals surface area contributed by atoms with Gasteiger partial charge in [-0.05, 0) is 37.9 Å². The molecule has 1 aliphatic rings. The minimum Gasteiger partial charge on any atom is -0.340 e. The second kappa shape index (κ2) is 5.72. The van der Waals surface area contributed by atoms with E-state index < -0.39 is 0 Å². The van der Waals surface area contributed by atoms with E-state index in [2.05, 4.69) is 5.32 Å². The van der Waals surface area contributed by atoms with Crippen LogP contribution in [-0.2, 0) is 0 Å². The topological polar surface area (TPSA) is 32.3 Å². The summed E-state index contributed by atoms with van der Waals surface area (Å²) in [5.74, 6) is -0.00241. The Morgan fingerprint density at radius 1 is 1.56 bits per heavy atom. The van der Waals surface area contributed by atoms with E-state index >= 15 is 0 Å². The zero-order chi connectivity index (χ0) is 13.1. The Bertz CT molecular complexity index is 441. The molecular weight excluding hydrogens is 248 g/mol. The third-order valence-corrected chi connectivity index (χ3v) is 3.93. The molecule has 1 fully saturated rings. The molecule has 1 aliphatic heterocycles. The largest absolute Gasteiger partial charge is 0.340 e. The van der Waals surface area contributed by atoms with Gasteiger partial charge in [-0.2, -0.15) is 0 Å². The van der Waals surface area contributed by atoms with Gasteiger partial charge in [0.05, 0.1) is 10.6 Å². The predicted molar refractivity (Wildman–Crippen MR) is 74.2 cm³/mol. The number of benzene rings is 1. The molecule has 1 amide bonds. The normalized spacial score (nSPS) is 18.9. The van der Waals surface area contributed by atoms with Gasteiger partial charge < -0.3 is 10.2 Å². The van der Waals surface area contributed by atoms with Crippen molar-refractivity contribution < 1.29 is 4.79 Å². The van der Waals surface area contributed by atoms with Crippen molar-refractivity contribution in [2.75, 3.05) is 20.1 Å². The smallest absolute Gasteiger partial charge is 0.255 e. The Morgan fingerprint density at radius 3 is 3.00 bits per heavy atom. The second-order valence-corrected chi connectivity index (χ2v) is 5.29. The predicted octanol–water partition coefficient (Wildman–Crippen LogP) is 2.47. The number of aryl methyl sites for hydroxylation is 1. The average molecular weight is 267 g/mol. The van der Waals surface area contributed by atoms with E-state index in [0.29, 0.717) is 16.6 Å². The molecule has 0 bridgehead atoms. The van der Waals surface area contributed by atoms with Crippen LogP contribution in [0.3, 0.4) is 0 Å². The van der Waals surface area contributed by atoms with E-state index in [1.54, 1.807) is 11.0 Å². The summed E-state index contributed by atoms with van der Waals surface area (Å²) in [6.07, 6.45) is 2.33. The standard InChI is InChI=1S/C14H19ClN2O/c1-10-5-3-7-12(13(10)15)14(18)17(2)9-11-6-4-8-16-11/h3,5,7,11,16H,4,6,8-9H2,1-2H3. The number of likely N-dealkylation sites (N-methyl/N-ethyl adjacent to an activating group) is 1. The number of nitrogens with one attached hydrogen (secondary N) is 1. The zero-order valence-corrected chi connectivity index (χ0v) is 11.6. The first-order valence-corrected chi connectivity index (χ1v) is 6.71. The summed E-state index contributed by atoms with van der Waals surface area (Å²) in [7, 11) is 1.83. The lowest BCUT2D eigenvalue weighted by Gasteiger charge is -2.22. The highest BCUT2D eigenvalue weighted by Crippen LogP contribution is 2.21. The van der Waals surface area contributed by atoms with Crippen LogP contribution in [0.25, 0.3) is 0 Å². The van der Waals surface area contributed by atoms with Crippen molar-refractivity contribution in [3.63, 3.8) is 0 Å². The Balaban J connectivity index is 2.07. The molecular formula is C14H19ClN2O. The van der Waals surface area contributed by atoms with Gasteiger partial charge in [-0.1, -0.05) is 23.7 Å². The van der Waals surface area contributed by atoms with Gasteiger partial charge in [0.15, 0.2) is 0 Å². The molecule has 1 atom stereocenters. The highest BCUT2D eigenvalue weighted by Gasteiger charge is 2.21. The zero-order valence-electron chi connectivity index (χ0n) is 10.9. The first kappa shape index (κ1) is 13.4. The molecule has 1 unspecified atom stereocenters. The molecule has 3 nitrogen and oxygen atoms in total. The number of carbonyl (C=O) groups excluding carboxylic acids is 1. The van der Waals surface area contributed by atoms with Gasteiger partial charge in [0, 0.05) is 19.6 Å². The number of halogens is 1. The van der Waals surface area contributed by atoms with Crippen LogP contribution in [0.15, 0.2) is 18.2 Å². The van der Waals surface area contributed by atoms with Gasteiger partial charge in [-0.15, -0.1) is 0 Å². The lowest BCUT2D eigenvalue weighted by molar-refractivity contribution is 0.0784. The molecule has 1 aromatic carbocycles. The SMILES string of the molecule is Cc1cccc(C(=O)N(C)CC2CCCN2)c1Cl. The van der Waals surface area contributed by atoms with Gasteiger partial charge in [0.1, 0.15) is 0 Å². The van der Waals surface area contributed by atoms with E-state index in [9.17, 15) is 4.79 Å². The van der Waals surface area contributed by atoms with Gasteiger partial charge in [0.25, 0.3) is 5.91 Å². The summed E-state index contributed by atoms with van der Waals surface area (Å²) in [4.78, 5) is 14.1. The summed E-state index contributed by atoms with van der Waals surface area (Å²) in [5.41, 5.74) is 1.53. The molecule has 0 aliphatic carbocycles. The van der Waals surface area contributed by atoms with Crippen molar-refractivity contribution in [2.45, 2.75) is 25.8 Å². The van der Waals surface area contributed by atoms with E-state index in [0.717, 1.165) is 25.1 Å². The lowest BCUT2D eigenvalue weighted by Crippen LogP contribution is -2.38. The molecule has 1 aromatic rings. The molecule has 2 rings (SSSR count). The van der Waals surface area contributed by atoms with Gasteiger partial charge in [-0.25, -0.2) is 0 Å². The fourth-order valence-corrected chi connectivity index (χ4v) is 2.55. The van der Waals surface area contributed by atoms with E-state index in [-0.39, 0.29) is 5.91 Å². The second-order valence-electron chi connectivity index (χ2n) is 4.92. The summed E-state index contributed by atoms with van der Waals surface area (Å²) in [6, 6.07) is 5.99. The third kappa shape index (κ3) is 2.85. The van der Waals surface area contributed by atoms with Gasteiger partial charge in [-0.3, -0.25) is 4.79 Å². The monoisotopic (exact) mass is 266 g/mol. The molecule has 18 heavy (non-hydrogen) atoms. The fraction of sp³-hybridized carbons (Fsp3) is 0.500. The number of hydrogen-bond donors (Lipinski definition) is 1. The van der Waals surface area contributed by atoms with Crippen molar-refractivity contribution in [1.29, 1.82) is 0 Å². The van der Waals surface area contributed by atoms with Crippen molar-refractivity contribution in [3.05, 3.63) is 34.3 Å². The quantitative estimate of drug-likeness (QED) is 0.912. The maximum atomic E-state index is 12.3. The van der Waals surface area contributed by atoms with Crippen LogP contribution in [0.4, 0.5) is 0 Å². The number of rotatable bonds is 3. The Kier molecular flexibility index (Phi) is 4.25. The molecule has 4 heteroatoms. The first-order chi connectivity index (χ1) is 8.59. The number of nitrogens with zero attached hydrogens (tertiary/aromatic N) is 1. The van der Waals surface area contributed by atoms with Crippen LogP contribution in [0.1, 0.15) is 28.8 Å². The maximum absolute atomic E-state index is 12.3. The van der Waals surface area contributed by atoms with Gasteiger partial charge in [0.2, 0.25) is 0 Å². The summed E-state index contributed by atoms with van der Waals surface area (Å²) < 4.78 is 0. The summed E-state index contributed by atoms with van der Waals surface area (Å²) in [5, 5.41) is 3.96. The van der Waals surface area contributed by atoms with Crippen LogP contribution >= 0.6 is 11.6 Å². The maximum Gasteiger partial charge on any atom is 0.255 e. The van der Waals surface area contributed by atoms with Crippen molar-refractivity contribution >= 4 is 17.5 Å². The Morgan fingerprint density at radius 2 is 2.33 bits per heavy atom. The number of amides is 1. The number of carbonyl (C=O) groups is 1. The van der Waals surface area contributed by atoms with Crippen molar-refractivity contribution in [2.24, 2.45) is 0 Å². The fourth-order valence-electron chi connectivity index (χ4n) is 2.34. The van der Waals surface area contributed by atoms with Crippen LogP contribution in [0.2, 0.25) is 5.02 Å². The molecule has 1 heterocycles. The highest BCUT2D eigenvalue weighted by molar-refractivity contribution is 6.34. The molecule has 0 saturated carbocycles. The average Bonchev–Trinajstić information content (AvgIpc) is 2.84. The van der Waals surface area contributed by atoms with Crippen LogP contribution in [0.5, 0.6) is 0 Å². The molecule has 1 N–H and O–H groups in total. The molecule has 0 radical (unpaired) electrons. The third-order valence-electron chi connectivity index (χ3n) is 3.43. The van der Waals surface area contributed by atoms with Crippen molar-refractivity contribution in [1.82, 2.24) is 10.2 Å². The van der Waals surface area contributed by atoms with Crippen molar-refractivity contribution in [3.8, 4) is 0 Å². The van der Waals surface area contributed by atoms with E-state index in [1.165, 1.54) is 6.42 Å². The molecule has 0 spiro atoms. The Hall–Kier alpha value is -1.06. The Labute approximate surface area is 113 Å². The molecule has 0 aromatic heterocycles. The van der Waals surface area contributed by atoms with E-state index in [1.807, 2.05) is 26.1 Å². The van der Waals surface area contributed by atoms with Crippen LogP contribution < -0.4 is 5.32 Å². The first-order valence-electron chi connectivity index (χ1n) is 6.33. The molecule has 98 valence electrons. The lowest BCUT2D eigenvalue weighted by atomic mass is 10.1. The molecule has 1 saturated heterocycles. The van der Waals surface area contributed by atoms with Crippen LogP contribution in [-0.4, -0.2) is 37.0 Å². The minimum absolute atomic E-state index is 0.00241. The number of hydrogen-bond acceptors (Lipinski definition) is 2. The highest BCUT2D eigenvalue weighted by atomic mass is 35.5. The van der Waals surface area contributed by atoms with E-state index in [4.69, 9.17) is 11.6 Å².